The van der Waals surface area contributed by atoms with Crippen LogP contribution >= 0.6 is 0 Å². The number of H-pyrrole nitrogens is 2. The minimum absolute atomic E-state index is 0.587. The molecule has 0 aliphatic rings. The summed E-state index contributed by atoms with van der Waals surface area (Å²) in [5.74, 6) is 0.867. The first-order chi connectivity index (χ1) is 3.93. The molecular formula is C4H9N3O. The molecule has 4 nitrogen and oxygen atoms in total. The van der Waals surface area contributed by atoms with Gasteiger partial charge in [0.1, 0.15) is 6.61 Å². The van der Waals surface area contributed by atoms with E-state index >= 15 is 0 Å². The van der Waals surface area contributed by atoms with E-state index in [1.54, 1.807) is 0 Å². The molecule has 1 heterocycles. The average molecular weight is 115 g/mol. The maximum atomic E-state index is 5.00. The third-order valence-electron chi connectivity index (χ3n) is 0.834. The Morgan fingerprint density at radius 1 is 1.75 bits per heavy atom. The summed E-state index contributed by atoms with van der Waals surface area (Å²) in [4.78, 5) is 0. The van der Waals surface area contributed by atoms with E-state index in [0.717, 1.165) is 12.4 Å². The maximum absolute atomic E-state index is 5.00. The summed E-state index contributed by atoms with van der Waals surface area (Å²) in [6.45, 7) is 3.27. The first-order valence-electron chi connectivity index (χ1n) is 2.59. The highest BCUT2D eigenvalue weighted by molar-refractivity contribution is 4.71. The monoisotopic (exact) mass is 115 g/mol. The molecule has 1 rings (SSSR count). The molecule has 0 saturated heterocycles. The van der Waals surface area contributed by atoms with Crippen molar-refractivity contribution in [2.45, 2.75) is 13.5 Å². The van der Waals surface area contributed by atoms with Crippen LogP contribution in [0.15, 0.2) is 0 Å². The second kappa shape index (κ2) is 2.52. The highest BCUT2D eigenvalue weighted by Gasteiger charge is 1.92. The van der Waals surface area contributed by atoms with Crippen molar-refractivity contribution in [1.82, 2.24) is 15.4 Å². The van der Waals surface area contributed by atoms with E-state index in [2.05, 4.69) is 15.4 Å². The molecule has 4 heteroatoms. The van der Waals surface area contributed by atoms with Gasteiger partial charge in [-0.2, -0.15) is 0 Å². The van der Waals surface area contributed by atoms with Crippen molar-refractivity contribution >= 4 is 0 Å². The number of rotatable bonds is 3. The first kappa shape index (κ1) is 5.37. The van der Waals surface area contributed by atoms with Crippen molar-refractivity contribution < 1.29 is 4.74 Å². The van der Waals surface area contributed by atoms with Crippen LogP contribution < -0.4 is 0 Å². The lowest BCUT2D eigenvalue weighted by Crippen LogP contribution is -2.06. The van der Waals surface area contributed by atoms with Crippen LogP contribution in [0.5, 0.6) is 0 Å². The van der Waals surface area contributed by atoms with Crippen LogP contribution in [0.2, 0.25) is 0 Å². The average Bonchev–Trinajstić information content (AvgIpc) is 1.63. The van der Waals surface area contributed by atoms with Crippen molar-refractivity contribution in [3.63, 3.8) is 0 Å². The molecule has 46 valence electrons. The lowest BCUT2D eigenvalue weighted by molar-refractivity contribution is 0.123. The Bertz CT molecular complexity index is 126. The second-order valence-corrected chi connectivity index (χ2v) is 1.43. The predicted molar refractivity (Wildman–Crippen MR) is 28.3 cm³/mol. The number of aromatic nitrogens is 3. The molecule has 0 bridgehead atoms. The van der Waals surface area contributed by atoms with Gasteiger partial charge >= 0.3 is 0 Å². The minimum Gasteiger partial charge on any atom is -0.374 e. The molecule has 1 aromatic heterocycles. The van der Waals surface area contributed by atoms with Crippen molar-refractivity contribution in [2.75, 3.05) is 6.61 Å². The summed E-state index contributed by atoms with van der Waals surface area (Å²) < 4.78 is 5.00. The van der Waals surface area contributed by atoms with Crippen molar-refractivity contribution in [3.05, 3.63) is 5.82 Å². The fourth-order valence-corrected chi connectivity index (χ4v) is 0.402. The quantitative estimate of drug-likeness (QED) is 0.594. The van der Waals surface area contributed by atoms with Crippen LogP contribution in [-0.2, 0) is 11.3 Å². The number of aromatic amines is 2. The Labute approximate surface area is 47.2 Å². The van der Waals surface area contributed by atoms with Gasteiger partial charge in [-0.05, 0) is 6.92 Å². The molecule has 0 aliphatic carbocycles. The zero-order valence-corrected chi connectivity index (χ0v) is 4.77. The first-order valence-corrected chi connectivity index (χ1v) is 2.59. The van der Waals surface area contributed by atoms with E-state index < -0.39 is 0 Å². The van der Waals surface area contributed by atoms with E-state index in [4.69, 9.17) is 4.74 Å². The molecule has 1 aromatic rings. The van der Waals surface area contributed by atoms with Gasteiger partial charge in [-0.3, -0.25) is 5.10 Å². The fourth-order valence-electron chi connectivity index (χ4n) is 0.402. The zero-order chi connectivity index (χ0) is 5.82. The maximum Gasteiger partial charge on any atom is 0.169 e. The van der Waals surface area contributed by atoms with E-state index in [-0.39, 0.29) is 0 Å². The highest BCUT2D eigenvalue weighted by atomic mass is 16.5. The molecule has 0 saturated carbocycles. The van der Waals surface area contributed by atoms with Crippen LogP contribution in [0.3, 0.4) is 0 Å². The minimum atomic E-state index is 0.587. The van der Waals surface area contributed by atoms with Gasteiger partial charge < -0.3 is 4.74 Å². The van der Waals surface area contributed by atoms with Gasteiger partial charge in [0.25, 0.3) is 0 Å². The van der Waals surface area contributed by atoms with Gasteiger partial charge in [-0.25, -0.2) is 5.21 Å². The molecule has 0 atom stereocenters. The van der Waals surface area contributed by atoms with E-state index in [0.29, 0.717) is 6.61 Å². The molecule has 0 fully saturated rings. The van der Waals surface area contributed by atoms with Crippen LogP contribution in [0.25, 0.3) is 0 Å². The number of nitrogens with one attached hydrogen (secondary N) is 2. The van der Waals surface area contributed by atoms with Crippen molar-refractivity contribution in [3.8, 4) is 0 Å². The largest absolute Gasteiger partial charge is 0.374 e. The number of hydrogen-bond donors (Lipinski definition) is 2. The molecule has 0 spiro atoms. The van der Waals surface area contributed by atoms with E-state index in [1.165, 1.54) is 0 Å². The summed E-state index contributed by atoms with van der Waals surface area (Å²) in [5, 5.41) is 9.02. The Morgan fingerprint density at radius 2 is 2.50 bits per heavy atom. The molecule has 0 unspecified atom stereocenters. The van der Waals surface area contributed by atoms with Gasteiger partial charge in [0, 0.05) is 6.61 Å². The highest BCUT2D eigenvalue weighted by Crippen LogP contribution is 1.87. The van der Waals surface area contributed by atoms with Crippen LogP contribution in [0.1, 0.15) is 12.7 Å². The van der Waals surface area contributed by atoms with E-state index in [1.807, 2.05) is 6.92 Å². The number of hydrogen-bond acceptors (Lipinski definition) is 2. The normalized spacial score (nSPS) is 10.1. The molecule has 8 heavy (non-hydrogen) atoms. The lowest BCUT2D eigenvalue weighted by Gasteiger charge is -2.01. The van der Waals surface area contributed by atoms with Gasteiger partial charge in [-0.15, -0.1) is 5.10 Å². The van der Waals surface area contributed by atoms with Crippen LogP contribution in [0.4, 0.5) is 0 Å². The summed E-state index contributed by atoms with van der Waals surface area (Å²) in [6.07, 6.45) is 0. The Balaban J connectivity index is 2.09. The SMILES string of the molecule is CCOCc1n[nH][nH]1. The van der Waals surface area contributed by atoms with Crippen molar-refractivity contribution in [1.29, 1.82) is 0 Å². The Kier molecular flexibility index (Phi) is 1.69. The predicted octanol–water partition coefficient (Wildman–Crippen LogP) is 0.274. The summed E-state index contributed by atoms with van der Waals surface area (Å²) in [6, 6.07) is 0. The summed E-state index contributed by atoms with van der Waals surface area (Å²) >= 11 is 0. The molecule has 2 N–H and O–H groups in total. The van der Waals surface area contributed by atoms with Gasteiger partial charge in [0.15, 0.2) is 5.82 Å². The third kappa shape index (κ3) is 1.10. The molecule has 0 aromatic carbocycles. The Morgan fingerprint density at radius 3 is 2.88 bits per heavy atom. The zero-order valence-electron chi connectivity index (χ0n) is 4.77. The van der Waals surface area contributed by atoms with Gasteiger partial charge in [-0.1, -0.05) is 0 Å². The number of ether oxygens (including phenoxy) is 1. The summed E-state index contributed by atoms with van der Waals surface area (Å²) in [7, 11) is 0. The van der Waals surface area contributed by atoms with Gasteiger partial charge in [0.05, 0.1) is 0 Å². The molecule has 0 aliphatic heterocycles. The van der Waals surface area contributed by atoms with Crippen LogP contribution in [-0.4, -0.2) is 22.0 Å². The fraction of sp³-hybridized carbons (Fsp3) is 0.750. The molecular weight excluding hydrogens is 106 g/mol. The van der Waals surface area contributed by atoms with Gasteiger partial charge in [0.2, 0.25) is 0 Å². The number of nitrogens with zero attached hydrogens (tertiary/aromatic N) is 1. The molecule has 0 amide bonds. The summed E-state index contributed by atoms with van der Waals surface area (Å²) in [5.41, 5.74) is 0. The van der Waals surface area contributed by atoms with Crippen LogP contribution in [0, 0.1) is 0 Å². The lowest BCUT2D eigenvalue weighted by atomic mass is 10.6. The standard InChI is InChI=1S/C4H9N3O/c1-2-8-3-4-5-7-6-4/h7H,2-3H2,1H3,(H,5,6). The topological polar surface area (TPSA) is 53.7 Å². The third-order valence-corrected chi connectivity index (χ3v) is 0.834. The Hall–Kier alpha value is -0.770. The molecule has 0 radical (unpaired) electrons. The van der Waals surface area contributed by atoms with Crippen molar-refractivity contribution in [2.24, 2.45) is 0 Å². The smallest absolute Gasteiger partial charge is 0.169 e. The van der Waals surface area contributed by atoms with E-state index in [9.17, 15) is 0 Å². The second-order valence-electron chi connectivity index (χ2n) is 1.43.